The molecule has 4 aliphatic rings. The zero-order valence-electron chi connectivity index (χ0n) is 16.1. The summed E-state index contributed by atoms with van der Waals surface area (Å²) in [6.07, 6.45) is 5.07. The predicted molar refractivity (Wildman–Crippen MR) is 109 cm³/mol. The fourth-order valence-corrected chi connectivity index (χ4v) is 4.47. The summed E-state index contributed by atoms with van der Waals surface area (Å²) < 4.78 is 0. The van der Waals surface area contributed by atoms with Crippen LogP contribution in [0, 0.1) is 5.92 Å². The highest BCUT2D eigenvalue weighted by molar-refractivity contribution is 6.33. The lowest BCUT2D eigenvalue weighted by molar-refractivity contribution is -0.118. The molecule has 0 aromatic carbocycles. The molecule has 3 fully saturated rings. The third-order valence-corrected chi connectivity index (χ3v) is 6.08. The molecule has 1 aliphatic carbocycles. The molecule has 5 N–H and O–H groups in total. The average molecular weight is 432 g/mol. The van der Waals surface area contributed by atoms with Crippen LogP contribution in [-0.2, 0) is 9.59 Å². The first-order valence-corrected chi connectivity index (χ1v) is 10.4. The summed E-state index contributed by atoms with van der Waals surface area (Å²) in [7, 11) is 0. The van der Waals surface area contributed by atoms with Gasteiger partial charge in [0.2, 0.25) is 5.91 Å². The van der Waals surface area contributed by atoms with Crippen LogP contribution in [0.4, 0.5) is 11.6 Å². The number of aliphatic hydroxyl groups is 1. The van der Waals surface area contributed by atoms with Crippen molar-refractivity contribution >= 4 is 35.1 Å². The van der Waals surface area contributed by atoms with Crippen molar-refractivity contribution < 1.29 is 14.7 Å². The average Bonchev–Trinajstić information content (AvgIpc) is 3.52. The van der Waals surface area contributed by atoms with Gasteiger partial charge in [-0.3, -0.25) is 9.59 Å². The molecule has 1 saturated carbocycles. The number of halogens is 1. The molecule has 2 amide bonds. The van der Waals surface area contributed by atoms with Crippen molar-refractivity contribution in [1.82, 2.24) is 25.5 Å². The predicted octanol–water partition coefficient (Wildman–Crippen LogP) is 0.415. The second-order valence-electron chi connectivity index (χ2n) is 7.98. The lowest BCUT2D eigenvalue weighted by Gasteiger charge is -2.45. The van der Waals surface area contributed by atoms with Gasteiger partial charge in [-0.05, 0) is 38.3 Å². The van der Waals surface area contributed by atoms with Crippen LogP contribution < -0.4 is 21.3 Å². The molecule has 1 aromatic rings. The van der Waals surface area contributed by atoms with E-state index in [0.717, 1.165) is 25.8 Å². The quantitative estimate of drug-likeness (QED) is 0.463. The van der Waals surface area contributed by atoms with Crippen molar-refractivity contribution in [2.75, 3.05) is 23.7 Å². The minimum atomic E-state index is -1.12. The van der Waals surface area contributed by atoms with Gasteiger partial charge in [-0.15, -0.1) is 0 Å². The number of carbonyl (C=O) groups is 2. The molecule has 1 aromatic heterocycles. The number of hydrogen-bond acceptors (Lipinski definition) is 8. The summed E-state index contributed by atoms with van der Waals surface area (Å²) in [5.41, 5.74) is -0.0950. The maximum atomic E-state index is 12.6. The fourth-order valence-electron chi connectivity index (χ4n) is 4.17. The molecule has 0 radical (unpaired) electrons. The van der Waals surface area contributed by atoms with E-state index >= 15 is 0 Å². The summed E-state index contributed by atoms with van der Waals surface area (Å²) in [5, 5.41) is 23.5. The summed E-state index contributed by atoms with van der Waals surface area (Å²) in [6.45, 7) is 1.35. The van der Waals surface area contributed by atoms with Gasteiger partial charge in [-0.25, -0.2) is 9.97 Å². The number of fused-ring (bicyclic) bond motifs is 2. The Morgan fingerprint density at radius 3 is 2.87 bits per heavy atom. The van der Waals surface area contributed by atoms with Crippen LogP contribution in [0.15, 0.2) is 34.9 Å². The van der Waals surface area contributed by atoms with Crippen LogP contribution in [-0.4, -0.2) is 56.8 Å². The number of allylic oxidation sites excluding steroid dienone is 2. The Kier molecular flexibility index (Phi) is 4.64. The van der Waals surface area contributed by atoms with E-state index in [1.54, 1.807) is 11.0 Å². The lowest BCUT2D eigenvalue weighted by atomic mass is 9.97. The molecule has 2 saturated heterocycles. The SMILES string of the molecule is O=C1NC2(CCCNC2)N2C1=C(Cl)C=C(Nc1cc(NC(=O)C3CC3)ncn1)C2O. The Balaban J connectivity index is 1.40. The third-order valence-electron chi connectivity index (χ3n) is 5.79. The highest BCUT2D eigenvalue weighted by atomic mass is 35.5. The van der Waals surface area contributed by atoms with E-state index in [4.69, 9.17) is 11.6 Å². The number of rotatable bonds is 4. The molecule has 30 heavy (non-hydrogen) atoms. The second kappa shape index (κ2) is 7.22. The van der Waals surface area contributed by atoms with Gasteiger partial charge in [0.25, 0.3) is 5.91 Å². The van der Waals surface area contributed by atoms with Gasteiger partial charge in [-0.1, -0.05) is 11.6 Å². The van der Waals surface area contributed by atoms with Crippen molar-refractivity contribution in [1.29, 1.82) is 0 Å². The number of aromatic nitrogens is 2. The largest absolute Gasteiger partial charge is 0.368 e. The van der Waals surface area contributed by atoms with Crippen molar-refractivity contribution in [3.8, 4) is 0 Å². The van der Waals surface area contributed by atoms with Gasteiger partial charge in [0.1, 0.15) is 29.3 Å². The first-order valence-electron chi connectivity index (χ1n) is 9.99. The number of anilines is 2. The number of nitrogens with zero attached hydrogens (tertiary/aromatic N) is 3. The maximum Gasteiger partial charge on any atom is 0.271 e. The van der Waals surface area contributed by atoms with Crippen molar-refractivity contribution in [3.05, 3.63) is 34.9 Å². The summed E-state index contributed by atoms with van der Waals surface area (Å²) in [5.74, 6) is 0.472. The van der Waals surface area contributed by atoms with Gasteiger partial charge < -0.3 is 31.3 Å². The molecular formula is C19H22ClN7O3. The monoisotopic (exact) mass is 431 g/mol. The van der Waals surface area contributed by atoms with Crippen LogP contribution in [0.25, 0.3) is 0 Å². The van der Waals surface area contributed by atoms with Crippen LogP contribution in [0.1, 0.15) is 25.7 Å². The Hall–Kier alpha value is -2.69. The Bertz CT molecular complexity index is 969. The van der Waals surface area contributed by atoms with Crippen LogP contribution in [0.2, 0.25) is 0 Å². The van der Waals surface area contributed by atoms with Crippen molar-refractivity contribution in [3.63, 3.8) is 0 Å². The fraction of sp³-hybridized carbons (Fsp3) is 0.474. The van der Waals surface area contributed by atoms with Crippen LogP contribution in [0.3, 0.4) is 0 Å². The molecule has 5 rings (SSSR count). The number of nitrogens with one attached hydrogen (secondary N) is 4. The van der Waals surface area contributed by atoms with E-state index in [9.17, 15) is 14.7 Å². The smallest absolute Gasteiger partial charge is 0.271 e. The molecule has 2 unspecified atom stereocenters. The Morgan fingerprint density at radius 2 is 2.13 bits per heavy atom. The standard InChI is InChI=1S/C19H22ClN7O3/c20-11-6-12(24-13-7-14(23-9-22-13)25-16(28)10-2-3-10)18(30)27-15(11)17(29)26-19(27)4-1-5-21-8-19/h6-7,9-10,18,21,30H,1-5,8H2,(H,26,29)(H2,22,23,24,25,28). The topological polar surface area (TPSA) is 132 Å². The second-order valence-corrected chi connectivity index (χ2v) is 8.39. The van der Waals surface area contributed by atoms with Gasteiger partial charge in [-0.2, -0.15) is 0 Å². The normalized spacial score (nSPS) is 28.2. The highest BCUT2D eigenvalue weighted by Gasteiger charge is 2.53. The van der Waals surface area contributed by atoms with E-state index in [2.05, 4.69) is 31.2 Å². The molecule has 2 atom stereocenters. The van der Waals surface area contributed by atoms with E-state index in [0.29, 0.717) is 30.3 Å². The van der Waals surface area contributed by atoms with Crippen LogP contribution in [0.5, 0.6) is 0 Å². The summed E-state index contributed by atoms with van der Waals surface area (Å²) in [6, 6.07) is 1.59. The van der Waals surface area contributed by atoms with Crippen molar-refractivity contribution in [2.45, 2.75) is 37.6 Å². The molecule has 0 bridgehead atoms. The molecular weight excluding hydrogens is 410 g/mol. The van der Waals surface area contributed by atoms with Gasteiger partial charge in [0, 0.05) is 18.5 Å². The number of piperidine rings is 1. The summed E-state index contributed by atoms with van der Waals surface area (Å²) in [4.78, 5) is 34.4. The lowest BCUT2D eigenvalue weighted by Crippen LogP contribution is -2.63. The Labute approximate surface area is 177 Å². The number of amides is 2. The summed E-state index contributed by atoms with van der Waals surface area (Å²) >= 11 is 6.42. The van der Waals surface area contributed by atoms with E-state index in [-0.39, 0.29) is 28.5 Å². The molecule has 158 valence electrons. The molecule has 3 aliphatic heterocycles. The zero-order valence-corrected chi connectivity index (χ0v) is 16.9. The number of carbonyl (C=O) groups excluding carboxylic acids is 2. The number of aliphatic hydroxyl groups excluding tert-OH is 1. The molecule has 11 heteroatoms. The first kappa shape index (κ1) is 19.3. The minimum Gasteiger partial charge on any atom is -0.368 e. The van der Waals surface area contributed by atoms with Crippen molar-refractivity contribution in [2.24, 2.45) is 5.92 Å². The zero-order chi connectivity index (χ0) is 20.9. The number of hydrogen-bond donors (Lipinski definition) is 5. The first-order chi connectivity index (χ1) is 14.5. The van der Waals surface area contributed by atoms with Gasteiger partial charge in [0.15, 0.2) is 6.23 Å². The van der Waals surface area contributed by atoms with E-state index in [1.165, 1.54) is 12.4 Å². The highest BCUT2D eigenvalue weighted by Crippen LogP contribution is 2.40. The minimum absolute atomic E-state index is 0.0550. The van der Waals surface area contributed by atoms with Gasteiger partial charge in [0.05, 0.1) is 10.7 Å². The molecule has 10 nitrogen and oxygen atoms in total. The maximum absolute atomic E-state index is 12.6. The van der Waals surface area contributed by atoms with Gasteiger partial charge >= 0.3 is 0 Å². The molecule has 4 heterocycles. The van der Waals surface area contributed by atoms with E-state index in [1.807, 2.05) is 0 Å². The third kappa shape index (κ3) is 3.30. The molecule has 1 spiro atoms. The van der Waals surface area contributed by atoms with E-state index < -0.39 is 11.9 Å². The van der Waals surface area contributed by atoms with Crippen LogP contribution >= 0.6 is 11.6 Å². The Morgan fingerprint density at radius 1 is 1.33 bits per heavy atom.